The normalized spacial score (nSPS) is 11.0. The molecule has 0 aliphatic rings. The summed E-state index contributed by atoms with van der Waals surface area (Å²) < 4.78 is 5.69. The summed E-state index contributed by atoms with van der Waals surface area (Å²) in [6.45, 7) is 2.01. The lowest BCUT2D eigenvalue weighted by molar-refractivity contribution is 0.556. The smallest absolute Gasteiger partial charge is 0.205 e. The molecular weight excluding hydrogens is 256 g/mol. The van der Waals surface area contributed by atoms with Gasteiger partial charge in [-0.3, -0.25) is 0 Å². The minimum absolute atomic E-state index is 0.720. The summed E-state index contributed by atoms with van der Waals surface area (Å²) in [4.78, 5) is 5.63. The third-order valence-electron chi connectivity index (χ3n) is 2.94. The topological polar surface area (TPSA) is 52.0 Å². The number of nitrogen functional groups attached to an aromatic ring is 1. The number of oxazole rings is 1. The largest absolute Gasteiger partial charge is 0.440 e. The van der Waals surface area contributed by atoms with Gasteiger partial charge in [0.05, 0.1) is 5.75 Å². The average Bonchev–Trinajstić information content (AvgIpc) is 2.83. The van der Waals surface area contributed by atoms with Crippen molar-refractivity contribution < 1.29 is 4.42 Å². The molecule has 4 heteroatoms. The zero-order chi connectivity index (χ0) is 13.2. The standard InChI is InChI=1S/C15H14N2OS/c1-10-8-11(6-7-12(10)16)19-9-15-17-13-4-2-3-5-14(13)18-15/h2-8H,9,16H2,1H3. The van der Waals surface area contributed by atoms with Crippen molar-refractivity contribution in [1.29, 1.82) is 0 Å². The van der Waals surface area contributed by atoms with Crippen molar-refractivity contribution in [3.63, 3.8) is 0 Å². The summed E-state index contributed by atoms with van der Waals surface area (Å²) in [5, 5.41) is 0. The summed E-state index contributed by atoms with van der Waals surface area (Å²) in [5.41, 5.74) is 9.48. The second-order valence-corrected chi connectivity index (χ2v) is 5.43. The Morgan fingerprint density at radius 2 is 2.05 bits per heavy atom. The predicted octanol–water partition coefficient (Wildman–Crippen LogP) is 4.01. The number of aryl methyl sites for hydroxylation is 1. The molecule has 0 radical (unpaired) electrons. The van der Waals surface area contributed by atoms with Gasteiger partial charge in [0.25, 0.3) is 0 Å². The van der Waals surface area contributed by atoms with Crippen LogP contribution in [-0.4, -0.2) is 4.98 Å². The van der Waals surface area contributed by atoms with Crippen molar-refractivity contribution in [2.45, 2.75) is 17.6 Å². The Kier molecular flexibility index (Phi) is 3.17. The number of para-hydroxylation sites is 2. The SMILES string of the molecule is Cc1cc(SCc2nc3ccccc3o2)ccc1N. The minimum atomic E-state index is 0.720. The molecule has 96 valence electrons. The van der Waals surface area contributed by atoms with E-state index in [0.29, 0.717) is 0 Å². The Hall–Kier alpha value is -1.94. The van der Waals surface area contributed by atoms with Gasteiger partial charge >= 0.3 is 0 Å². The minimum Gasteiger partial charge on any atom is -0.440 e. The number of nitrogens with two attached hydrogens (primary N) is 1. The maximum Gasteiger partial charge on any atom is 0.205 e. The van der Waals surface area contributed by atoms with Gasteiger partial charge in [0.15, 0.2) is 5.58 Å². The lowest BCUT2D eigenvalue weighted by Gasteiger charge is -2.03. The highest BCUT2D eigenvalue weighted by molar-refractivity contribution is 7.98. The first kappa shape index (κ1) is 12.1. The predicted molar refractivity (Wildman–Crippen MR) is 79.2 cm³/mol. The number of fused-ring (bicyclic) bond motifs is 1. The van der Waals surface area contributed by atoms with E-state index in [4.69, 9.17) is 10.2 Å². The number of hydrogen-bond donors (Lipinski definition) is 1. The van der Waals surface area contributed by atoms with Crippen molar-refractivity contribution in [3.05, 3.63) is 53.9 Å². The first-order valence-electron chi connectivity index (χ1n) is 6.06. The van der Waals surface area contributed by atoms with Crippen LogP contribution >= 0.6 is 11.8 Å². The average molecular weight is 270 g/mol. The van der Waals surface area contributed by atoms with Crippen molar-refractivity contribution >= 4 is 28.5 Å². The van der Waals surface area contributed by atoms with Crippen molar-refractivity contribution in [1.82, 2.24) is 4.98 Å². The molecule has 0 atom stereocenters. The Balaban J connectivity index is 1.76. The van der Waals surface area contributed by atoms with Gasteiger partial charge in [-0.25, -0.2) is 4.98 Å². The third kappa shape index (κ3) is 2.58. The molecule has 3 rings (SSSR count). The van der Waals surface area contributed by atoms with Crippen LogP contribution in [0.25, 0.3) is 11.1 Å². The molecule has 0 amide bonds. The summed E-state index contributed by atoms with van der Waals surface area (Å²) >= 11 is 1.70. The quantitative estimate of drug-likeness (QED) is 0.577. The van der Waals surface area contributed by atoms with Gasteiger partial charge in [0.1, 0.15) is 5.52 Å². The molecular formula is C15H14N2OS. The van der Waals surface area contributed by atoms with Gasteiger partial charge < -0.3 is 10.2 Å². The van der Waals surface area contributed by atoms with Crippen LogP contribution in [0.4, 0.5) is 5.69 Å². The van der Waals surface area contributed by atoms with Crippen LogP contribution in [0.5, 0.6) is 0 Å². The van der Waals surface area contributed by atoms with Crippen LogP contribution in [0.1, 0.15) is 11.5 Å². The molecule has 0 saturated carbocycles. The van der Waals surface area contributed by atoms with Crippen molar-refractivity contribution in [2.24, 2.45) is 0 Å². The van der Waals surface area contributed by atoms with E-state index in [0.717, 1.165) is 34.0 Å². The fraction of sp³-hybridized carbons (Fsp3) is 0.133. The molecule has 1 aromatic heterocycles. The molecule has 0 bridgehead atoms. The molecule has 2 N–H and O–H groups in total. The van der Waals surface area contributed by atoms with Crippen LogP contribution in [0, 0.1) is 6.92 Å². The van der Waals surface area contributed by atoms with E-state index in [1.54, 1.807) is 11.8 Å². The number of rotatable bonds is 3. The Morgan fingerprint density at radius 3 is 2.84 bits per heavy atom. The number of hydrogen-bond acceptors (Lipinski definition) is 4. The van der Waals surface area contributed by atoms with Gasteiger partial charge in [0, 0.05) is 10.6 Å². The molecule has 0 saturated heterocycles. The van der Waals surface area contributed by atoms with Gasteiger partial charge in [-0.05, 0) is 42.8 Å². The van der Waals surface area contributed by atoms with Crippen molar-refractivity contribution in [2.75, 3.05) is 5.73 Å². The third-order valence-corrected chi connectivity index (χ3v) is 3.92. The molecule has 19 heavy (non-hydrogen) atoms. The first-order valence-corrected chi connectivity index (χ1v) is 7.04. The van der Waals surface area contributed by atoms with E-state index in [1.807, 2.05) is 43.3 Å². The maximum absolute atomic E-state index is 5.81. The lowest BCUT2D eigenvalue weighted by atomic mass is 10.2. The number of thioether (sulfide) groups is 1. The summed E-state index contributed by atoms with van der Waals surface area (Å²) in [6, 6.07) is 13.9. The molecule has 1 heterocycles. The molecule has 2 aromatic carbocycles. The van der Waals surface area contributed by atoms with Crippen LogP contribution in [-0.2, 0) is 5.75 Å². The molecule has 0 spiro atoms. The van der Waals surface area contributed by atoms with Gasteiger partial charge in [-0.1, -0.05) is 12.1 Å². The number of aromatic nitrogens is 1. The first-order chi connectivity index (χ1) is 9.22. The summed E-state index contributed by atoms with van der Waals surface area (Å²) in [6.07, 6.45) is 0. The fourth-order valence-electron chi connectivity index (χ4n) is 1.86. The highest BCUT2D eigenvalue weighted by Gasteiger charge is 2.06. The molecule has 0 unspecified atom stereocenters. The second kappa shape index (κ2) is 4.97. The zero-order valence-electron chi connectivity index (χ0n) is 10.6. The lowest BCUT2D eigenvalue weighted by Crippen LogP contribution is -1.89. The van der Waals surface area contributed by atoms with Crippen LogP contribution in [0.3, 0.4) is 0 Å². The molecule has 0 fully saturated rings. The van der Waals surface area contributed by atoms with E-state index < -0.39 is 0 Å². The van der Waals surface area contributed by atoms with E-state index >= 15 is 0 Å². The molecule has 0 aliphatic carbocycles. The van der Waals surface area contributed by atoms with Gasteiger partial charge in [-0.15, -0.1) is 11.8 Å². The van der Waals surface area contributed by atoms with Crippen LogP contribution in [0.15, 0.2) is 51.8 Å². The molecule has 3 nitrogen and oxygen atoms in total. The molecule has 3 aromatic rings. The van der Waals surface area contributed by atoms with E-state index in [9.17, 15) is 0 Å². The van der Waals surface area contributed by atoms with E-state index in [-0.39, 0.29) is 0 Å². The van der Waals surface area contributed by atoms with Gasteiger partial charge in [0.2, 0.25) is 5.89 Å². The van der Waals surface area contributed by atoms with E-state index in [2.05, 4.69) is 11.1 Å². The second-order valence-electron chi connectivity index (χ2n) is 4.38. The summed E-state index contributed by atoms with van der Waals surface area (Å²) in [5.74, 6) is 1.47. The highest BCUT2D eigenvalue weighted by Crippen LogP contribution is 2.26. The Bertz CT molecular complexity index is 688. The fourth-order valence-corrected chi connectivity index (χ4v) is 2.70. The molecule has 0 aliphatic heterocycles. The maximum atomic E-state index is 5.81. The number of anilines is 1. The van der Waals surface area contributed by atoms with Gasteiger partial charge in [-0.2, -0.15) is 0 Å². The highest BCUT2D eigenvalue weighted by atomic mass is 32.2. The number of nitrogens with zero attached hydrogens (tertiary/aromatic N) is 1. The zero-order valence-corrected chi connectivity index (χ0v) is 11.4. The Labute approximate surface area is 115 Å². The van der Waals surface area contributed by atoms with Crippen molar-refractivity contribution in [3.8, 4) is 0 Å². The monoisotopic (exact) mass is 270 g/mol. The van der Waals surface area contributed by atoms with Crippen LogP contribution in [0.2, 0.25) is 0 Å². The summed E-state index contributed by atoms with van der Waals surface area (Å²) in [7, 11) is 0. The van der Waals surface area contributed by atoms with Crippen LogP contribution < -0.4 is 5.73 Å². The number of benzene rings is 2. The van der Waals surface area contributed by atoms with E-state index in [1.165, 1.54) is 4.90 Å². The Morgan fingerprint density at radius 1 is 1.21 bits per heavy atom.